The second kappa shape index (κ2) is 3.18. The van der Waals surface area contributed by atoms with Crippen LogP contribution in [0.5, 0.6) is 0 Å². The Bertz CT molecular complexity index is 250. The molecule has 0 aliphatic rings. The molecule has 0 spiro atoms. The maximum absolute atomic E-state index is 13.1. The molecule has 1 aromatic rings. The standard InChI is InChI=1S/C7H13FN4/c1-7(2,8)5-12-6(3-9)4-10-11-12/h4H,3,5,9H2,1-2H3. The third-order valence-electron chi connectivity index (χ3n) is 1.43. The van der Waals surface area contributed by atoms with Gasteiger partial charge in [0.2, 0.25) is 0 Å². The second-order valence-corrected chi connectivity index (χ2v) is 3.31. The summed E-state index contributed by atoms with van der Waals surface area (Å²) in [7, 11) is 0. The SMILES string of the molecule is CC(C)(F)Cn1nncc1CN. The first kappa shape index (κ1) is 9.12. The number of halogens is 1. The largest absolute Gasteiger partial charge is 0.325 e. The van der Waals surface area contributed by atoms with E-state index in [0.29, 0.717) is 6.54 Å². The Morgan fingerprint density at radius 3 is 2.83 bits per heavy atom. The Hall–Kier alpha value is -0.970. The van der Waals surface area contributed by atoms with Crippen LogP contribution in [-0.2, 0) is 13.1 Å². The minimum Gasteiger partial charge on any atom is -0.325 e. The zero-order valence-electron chi connectivity index (χ0n) is 7.29. The number of rotatable bonds is 3. The van der Waals surface area contributed by atoms with Crippen LogP contribution in [0, 0.1) is 0 Å². The van der Waals surface area contributed by atoms with Gasteiger partial charge in [0, 0.05) is 6.54 Å². The van der Waals surface area contributed by atoms with Crippen LogP contribution in [0.1, 0.15) is 19.5 Å². The van der Waals surface area contributed by atoms with Crippen LogP contribution < -0.4 is 5.73 Å². The second-order valence-electron chi connectivity index (χ2n) is 3.31. The first-order valence-corrected chi connectivity index (χ1v) is 3.79. The van der Waals surface area contributed by atoms with Crippen LogP contribution in [0.15, 0.2) is 6.20 Å². The highest BCUT2D eigenvalue weighted by molar-refractivity contribution is 4.93. The molecule has 68 valence electrons. The summed E-state index contributed by atoms with van der Waals surface area (Å²) >= 11 is 0. The van der Waals surface area contributed by atoms with Crippen molar-refractivity contribution in [2.45, 2.75) is 32.6 Å². The van der Waals surface area contributed by atoms with E-state index >= 15 is 0 Å². The summed E-state index contributed by atoms with van der Waals surface area (Å²) in [6.45, 7) is 3.52. The van der Waals surface area contributed by atoms with Crippen molar-refractivity contribution in [3.8, 4) is 0 Å². The quantitative estimate of drug-likeness (QED) is 0.721. The van der Waals surface area contributed by atoms with Crippen molar-refractivity contribution in [3.05, 3.63) is 11.9 Å². The van der Waals surface area contributed by atoms with Crippen LogP contribution in [0.3, 0.4) is 0 Å². The van der Waals surface area contributed by atoms with E-state index in [9.17, 15) is 4.39 Å². The normalized spacial score (nSPS) is 12.0. The molecule has 0 atom stereocenters. The van der Waals surface area contributed by atoms with Crippen molar-refractivity contribution < 1.29 is 4.39 Å². The zero-order chi connectivity index (χ0) is 9.19. The smallest absolute Gasteiger partial charge is 0.125 e. The molecule has 0 unspecified atom stereocenters. The molecule has 0 saturated carbocycles. The highest BCUT2D eigenvalue weighted by Gasteiger charge is 2.18. The topological polar surface area (TPSA) is 56.7 Å². The minimum absolute atomic E-state index is 0.194. The van der Waals surface area contributed by atoms with Crippen LogP contribution in [0.4, 0.5) is 4.39 Å². The Balaban J connectivity index is 2.75. The van der Waals surface area contributed by atoms with Crippen molar-refractivity contribution in [3.63, 3.8) is 0 Å². The summed E-state index contributed by atoms with van der Waals surface area (Å²) in [6.07, 6.45) is 1.55. The van der Waals surface area contributed by atoms with Crippen molar-refractivity contribution in [2.75, 3.05) is 0 Å². The molecule has 0 aliphatic heterocycles. The van der Waals surface area contributed by atoms with E-state index in [4.69, 9.17) is 5.73 Å². The van der Waals surface area contributed by atoms with Crippen LogP contribution in [-0.4, -0.2) is 20.7 Å². The molecule has 5 heteroatoms. The van der Waals surface area contributed by atoms with Crippen LogP contribution in [0.2, 0.25) is 0 Å². The lowest BCUT2D eigenvalue weighted by molar-refractivity contribution is 0.176. The number of aromatic nitrogens is 3. The molecule has 0 fully saturated rings. The molecule has 0 bridgehead atoms. The van der Waals surface area contributed by atoms with E-state index in [0.717, 1.165) is 5.69 Å². The summed E-state index contributed by atoms with van der Waals surface area (Å²) in [4.78, 5) is 0. The van der Waals surface area contributed by atoms with Gasteiger partial charge in [0.05, 0.1) is 18.4 Å². The molecular weight excluding hydrogens is 159 g/mol. The maximum Gasteiger partial charge on any atom is 0.125 e. The summed E-state index contributed by atoms with van der Waals surface area (Å²) in [6, 6.07) is 0. The lowest BCUT2D eigenvalue weighted by atomic mass is 10.2. The Morgan fingerprint density at radius 1 is 1.67 bits per heavy atom. The fourth-order valence-electron chi connectivity index (χ4n) is 0.926. The maximum atomic E-state index is 13.1. The van der Waals surface area contributed by atoms with Gasteiger partial charge in [0.15, 0.2) is 0 Å². The number of alkyl halides is 1. The van der Waals surface area contributed by atoms with E-state index in [2.05, 4.69) is 10.3 Å². The first-order valence-electron chi connectivity index (χ1n) is 3.79. The fourth-order valence-corrected chi connectivity index (χ4v) is 0.926. The van der Waals surface area contributed by atoms with Crippen molar-refractivity contribution in [1.82, 2.24) is 15.0 Å². The Labute approximate surface area is 70.6 Å². The molecule has 4 nitrogen and oxygen atoms in total. The average molecular weight is 172 g/mol. The number of hydrogen-bond acceptors (Lipinski definition) is 3. The summed E-state index contributed by atoms with van der Waals surface area (Å²) in [5.74, 6) is 0. The van der Waals surface area contributed by atoms with Crippen LogP contribution in [0.25, 0.3) is 0 Å². The third-order valence-corrected chi connectivity index (χ3v) is 1.43. The van der Waals surface area contributed by atoms with Gasteiger partial charge in [-0.25, -0.2) is 9.07 Å². The fraction of sp³-hybridized carbons (Fsp3) is 0.714. The average Bonchev–Trinajstić information content (AvgIpc) is 2.31. The highest BCUT2D eigenvalue weighted by atomic mass is 19.1. The van der Waals surface area contributed by atoms with Gasteiger partial charge in [-0.3, -0.25) is 0 Å². The molecule has 0 amide bonds. The van der Waals surface area contributed by atoms with E-state index in [-0.39, 0.29) is 6.54 Å². The molecule has 0 saturated heterocycles. The van der Waals surface area contributed by atoms with Gasteiger partial charge >= 0.3 is 0 Å². The van der Waals surface area contributed by atoms with Crippen molar-refractivity contribution >= 4 is 0 Å². The van der Waals surface area contributed by atoms with Gasteiger partial charge in [0.1, 0.15) is 5.67 Å². The van der Waals surface area contributed by atoms with E-state index < -0.39 is 5.67 Å². The monoisotopic (exact) mass is 172 g/mol. The molecule has 1 heterocycles. The van der Waals surface area contributed by atoms with Gasteiger partial charge < -0.3 is 5.73 Å². The number of nitrogens with two attached hydrogens (primary N) is 1. The van der Waals surface area contributed by atoms with Gasteiger partial charge in [-0.1, -0.05) is 5.21 Å². The van der Waals surface area contributed by atoms with Gasteiger partial charge in [0.25, 0.3) is 0 Å². The molecule has 0 radical (unpaired) electrons. The van der Waals surface area contributed by atoms with Crippen molar-refractivity contribution in [2.24, 2.45) is 5.73 Å². The molecule has 0 aliphatic carbocycles. The third kappa shape index (κ3) is 2.27. The van der Waals surface area contributed by atoms with E-state index in [1.54, 1.807) is 6.20 Å². The van der Waals surface area contributed by atoms with E-state index in [1.807, 2.05) is 0 Å². The predicted octanol–water partition coefficient (Wildman–Crippen LogP) is 0.485. The predicted molar refractivity (Wildman–Crippen MR) is 43.1 cm³/mol. The van der Waals surface area contributed by atoms with Crippen LogP contribution >= 0.6 is 0 Å². The lowest BCUT2D eigenvalue weighted by Gasteiger charge is -2.14. The summed E-state index contributed by atoms with van der Waals surface area (Å²) in [5, 5.41) is 7.36. The van der Waals surface area contributed by atoms with Gasteiger partial charge in [-0.2, -0.15) is 0 Å². The molecular formula is C7H13FN4. The molecule has 2 N–H and O–H groups in total. The first-order chi connectivity index (χ1) is 5.53. The highest BCUT2D eigenvalue weighted by Crippen LogP contribution is 2.11. The Kier molecular flexibility index (Phi) is 2.42. The van der Waals surface area contributed by atoms with Crippen molar-refractivity contribution in [1.29, 1.82) is 0 Å². The van der Waals surface area contributed by atoms with Gasteiger partial charge in [-0.05, 0) is 13.8 Å². The number of nitrogens with zero attached hydrogens (tertiary/aromatic N) is 3. The summed E-state index contributed by atoms with van der Waals surface area (Å²) < 4.78 is 14.6. The zero-order valence-corrected chi connectivity index (χ0v) is 7.29. The minimum atomic E-state index is -1.28. The van der Waals surface area contributed by atoms with Gasteiger partial charge in [-0.15, -0.1) is 5.10 Å². The molecule has 12 heavy (non-hydrogen) atoms. The molecule has 1 rings (SSSR count). The Morgan fingerprint density at radius 2 is 2.33 bits per heavy atom. The molecule has 1 aromatic heterocycles. The lowest BCUT2D eigenvalue weighted by Crippen LogP contribution is -2.23. The summed E-state index contributed by atoms with van der Waals surface area (Å²) in [5.41, 5.74) is 4.86. The number of hydrogen-bond donors (Lipinski definition) is 1. The van der Waals surface area contributed by atoms with E-state index in [1.165, 1.54) is 18.5 Å². The molecule has 0 aromatic carbocycles.